The molecular formula is C28H26FN3O2. The molecule has 1 aliphatic carbocycles. The topological polar surface area (TPSA) is 56.1 Å². The third-order valence-corrected chi connectivity index (χ3v) is 6.17. The van der Waals surface area contributed by atoms with Crippen molar-refractivity contribution in [2.24, 2.45) is 0 Å². The number of rotatable bonds is 4. The van der Waals surface area contributed by atoms with Gasteiger partial charge in [-0.05, 0) is 67.6 Å². The summed E-state index contributed by atoms with van der Waals surface area (Å²) in [5, 5.41) is 3.50. The van der Waals surface area contributed by atoms with Crippen molar-refractivity contribution in [2.45, 2.75) is 32.1 Å². The van der Waals surface area contributed by atoms with Gasteiger partial charge in [-0.3, -0.25) is 9.36 Å². The van der Waals surface area contributed by atoms with Crippen LogP contribution in [0.1, 0.15) is 47.4 Å². The summed E-state index contributed by atoms with van der Waals surface area (Å²) in [5.41, 5.74) is 5.16. The van der Waals surface area contributed by atoms with Crippen molar-refractivity contribution in [2.75, 3.05) is 12.4 Å². The molecule has 0 unspecified atom stereocenters. The average molecular weight is 456 g/mol. The van der Waals surface area contributed by atoms with Gasteiger partial charge in [0.2, 0.25) is 0 Å². The molecule has 172 valence electrons. The number of aryl methyl sites for hydroxylation is 1. The highest BCUT2D eigenvalue weighted by Crippen LogP contribution is 2.31. The van der Waals surface area contributed by atoms with Crippen LogP contribution in [0, 0.1) is 5.82 Å². The summed E-state index contributed by atoms with van der Waals surface area (Å²) in [4.78, 5) is 17.2. The first-order chi connectivity index (χ1) is 16.6. The molecule has 5 rings (SSSR count). The van der Waals surface area contributed by atoms with Crippen molar-refractivity contribution < 1.29 is 13.9 Å². The summed E-state index contributed by atoms with van der Waals surface area (Å²) in [6.45, 7) is 0. The maximum Gasteiger partial charge on any atom is 0.166 e. The van der Waals surface area contributed by atoms with Crippen LogP contribution >= 0.6 is 0 Å². The third kappa shape index (κ3) is 4.31. The van der Waals surface area contributed by atoms with Crippen LogP contribution in [0.15, 0.2) is 66.9 Å². The van der Waals surface area contributed by atoms with Gasteiger partial charge in [-0.1, -0.05) is 24.3 Å². The minimum Gasteiger partial charge on any atom is -0.494 e. The Kier molecular flexibility index (Phi) is 6.12. The number of carbonyl (C=O) groups is 1. The number of nitrogens with zero attached hydrogens (tertiary/aromatic N) is 2. The summed E-state index contributed by atoms with van der Waals surface area (Å²) in [5.74, 6) is 0.692. The molecule has 1 N–H and O–H groups in total. The van der Waals surface area contributed by atoms with E-state index in [1.165, 1.54) is 13.2 Å². The van der Waals surface area contributed by atoms with Gasteiger partial charge in [-0.25, -0.2) is 9.37 Å². The lowest BCUT2D eigenvalue weighted by Crippen LogP contribution is -2.07. The number of benzene rings is 2. The number of ether oxygens (including phenoxy) is 1. The van der Waals surface area contributed by atoms with Crippen LogP contribution in [0.25, 0.3) is 23.2 Å². The Hall–Kier alpha value is -3.93. The van der Waals surface area contributed by atoms with Gasteiger partial charge in [-0.15, -0.1) is 0 Å². The monoisotopic (exact) mass is 455 g/mol. The Morgan fingerprint density at radius 3 is 2.88 bits per heavy atom. The van der Waals surface area contributed by atoms with Gasteiger partial charge in [0.15, 0.2) is 23.2 Å². The van der Waals surface area contributed by atoms with E-state index in [1.807, 2.05) is 41.1 Å². The molecule has 0 amide bonds. The minimum atomic E-state index is -0.414. The van der Waals surface area contributed by atoms with Gasteiger partial charge in [0, 0.05) is 29.4 Å². The molecule has 0 fully saturated rings. The number of methoxy groups -OCH3 is 1. The second-order valence-corrected chi connectivity index (χ2v) is 8.41. The van der Waals surface area contributed by atoms with Crippen LogP contribution < -0.4 is 10.1 Å². The molecule has 0 saturated heterocycles. The lowest BCUT2D eigenvalue weighted by Gasteiger charge is -2.14. The number of hydrogen-bond donors (Lipinski definition) is 1. The van der Waals surface area contributed by atoms with Gasteiger partial charge in [0.1, 0.15) is 0 Å². The molecule has 3 aromatic rings. The smallest absolute Gasteiger partial charge is 0.166 e. The second-order valence-electron chi connectivity index (χ2n) is 8.41. The molecule has 2 heterocycles. The fraction of sp³-hybridized carbons (Fsp3) is 0.214. The number of ketones is 1. The Bertz CT molecular complexity index is 1330. The Morgan fingerprint density at radius 1 is 1.12 bits per heavy atom. The summed E-state index contributed by atoms with van der Waals surface area (Å²) in [6, 6.07) is 10.9. The zero-order chi connectivity index (χ0) is 23.5. The first-order valence-electron chi connectivity index (χ1n) is 11.5. The molecule has 1 aromatic heterocycles. The van der Waals surface area contributed by atoms with Crippen LogP contribution in [0.2, 0.25) is 0 Å². The number of imidazole rings is 1. The first-order valence-corrected chi connectivity index (χ1v) is 11.5. The number of nitrogens with one attached hydrogen (secondary N) is 1. The highest BCUT2D eigenvalue weighted by Gasteiger charge is 2.18. The first kappa shape index (κ1) is 21.9. The maximum absolute atomic E-state index is 14.3. The highest BCUT2D eigenvalue weighted by atomic mass is 19.1. The van der Waals surface area contributed by atoms with Crippen molar-refractivity contribution in [3.8, 4) is 17.0 Å². The van der Waals surface area contributed by atoms with Crippen LogP contribution in [-0.2, 0) is 6.42 Å². The number of hydrogen-bond acceptors (Lipinski definition) is 4. The molecule has 2 aromatic carbocycles. The predicted octanol–water partition coefficient (Wildman–Crippen LogP) is 6.49. The summed E-state index contributed by atoms with van der Waals surface area (Å²) in [6.07, 6.45) is 15.9. The average Bonchev–Trinajstić information content (AvgIpc) is 3.20. The predicted molar refractivity (Wildman–Crippen MR) is 133 cm³/mol. The lowest BCUT2D eigenvalue weighted by molar-refractivity contribution is 0.0995. The Morgan fingerprint density at radius 2 is 2.03 bits per heavy atom. The third-order valence-electron chi connectivity index (χ3n) is 6.17. The van der Waals surface area contributed by atoms with E-state index in [0.717, 1.165) is 59.7 Å². The van der Waals surface area contributed by atoms with Gasteiger partial charge in [0.25, 0.3) is 0 Å². The molecule has 34 heavy (non-hydrogen) atoms. The van der Waals surface area contributed by atoms with Crippen LogP contribution in [0.3, 0.4) is 0 Å². The second kappa shape index (κ2) is 9.51. The van der Waals surface area contributed by atoms with Gasteiger partial charge in [-0.2, -0.15) is 0 Å². The fourth-order valence-electron chi connectivity index (χ4n) is 4.44. The van der Waals surface area contributed by atoms with Crippen molar-refractivity contribution in [1.29, 1.82) is 0 Å². The van der Waals surface area contributed by atoms with E-state index in [9.17, 15) is 9.18 Å². The molecule has 0 radical (unpaired) electrons. The van der Waals surface area contributed by atoms with Crippen molar-refractivity contribution in [1.82, 2.24) is 9.55 Å². The highest BCUT2D eigenvalue weighted by molar-refractivity contribution is 5.99. The van der Waals surface area contributed by atoms with E-state index in [-0.39, 0.29) is 11.5 Å². The minimum absolute atomic E-state index is 0.157. The Labute approximate surface area is 198 Å². The maximum atomic E-state index is 14.3. The summed E-state index contributed by atoms with van der Waals surface area (Å²) in [7, 11) is 1.45. The number of allylic oxidation sites excluding steroid dienone is 4. The van der Waals surface area contributed by atoms with E-state index >= 15 is 0 Å². The zero-order valence-electron chi connectivity index (χ0n) is 19.1. The molecule has 6 heteroatoms. The number of anilines is 1. The van der Waals surface area contributed by atoms with Gasteiger partial charge >= 0.3 is 0 Å². The number of Topliss-reactive ketones (excluding diaryl/α,β-unsaturated/α-hetero) is 1. The SMILES string of the molecule is COc1ccc(-c2cnc3n2C=CCC=C3Nc2ccc3c(c2)CCC/C=C/CC3=O)cc1F. The molecule has 5 nitrogen and oxygen atoms in total. The van der Waals surface area contributed by atoms with E-state index in [1.54, 1.807) is 12.3 Å². The number of fused-ring (bicyclic) bond motifs is 2. The number of aromatic nitrogens is 2. The molecule has 1 aliphatic heterocycles. The zero-order valence-corrected chi connectivity index (χ0v) is 19.1. The van der Waals surface area contributed by atoms with E-state index in [0.29, 0.717) is 12.0 Å². The van der Waals surface area contributed by atoms with Crippen molar-refractivity contribution in [3.05, 3.63) is 89.7 Å². The lowest BCUT2D eigenvalue weighted by atomic mass is 9.98. The summed E-state index contributed by atoms with van der Waals surface area (Å²) >= 11 is 0. The van der Waals surface area contributed by atoms with Crippen molar-refractivity contribution >= 4 is 23.4 Å². The number of halogens is 1. The quantitative estimate of drug-likeness (QED) is 0.457. The molecule has 2 aliphatic rings. The molecular weight excluding hydrogens is 429 g/mol. The van der Waals surface area contributed by atoms with E-state index in [2.05, 4.69) is 28.5 Å². The molecule has 0 bridgehead atoms. The van der Waals surface area contributed by atoms with E-state index < -0.39 is 5.82 Å². The van der Waals surface area contributed by atoms with Crippen LogP contribution in [0.5, 0.6) is 5.75 Å². The summed E-state index contributed by atoms with van der Waals surface area (Å²) < 4.78 is 21.3. The number of carbonyl (C=O) groups excluding carboxylic acids is 1. The van der Waals surface area contributed by atoms with Crippen molar-refractivity contribution in [3.63, 3.8) is 0 Å². The molecule has 0 atom stereocenters. The van der Waals surface area contributed by atoms with Gasteiger partial charge in [0.05, 0.1) is 24.7 Å². The van der Waals surface area contributed by atoms with Crippen LogP contribution in [-0.4, -0.2) is 22.4 Å². The molecule has 0 saturated carbocycles. The van der Waals surface area contributed by atoms with E-state index in [4.69, 9.17) is 4.74 Å². The fourth-order valence-corrected chi connectivity index (χ4v) is 4.44. The Balaban J connectivity index is 1.46. The largest absolute Gasteiger partial charge is 0.494 e. The van der Waals surface area contributed by atoms with Gasteiger partial charge < -0.3 is 10.1 Å². The normalized spacial score (nSPS) is 16.3. The van der Waals surface area contributed by atoms with Crippen LogP contribution in [0.4, 0.5) is 10.1 Å². The standard InChI is InChI=1S/C28H26FN3O2/c1-34-27-14-11-20(17-23(27)29)25-18-30-28-24(9-6-7-15-32(25)28)31-21-12-13-22-19(16-21)8-4-2-3-5-10-26(22)33/h3,5,7,9,11-18,31H,2,4,6,8,10H2,1H3/b5-3+. The molecule has 0 spiro atoms.